The lowest BCUT2D eigenvalue weighted by Gasteiger charge is -2.12. The van der Waals surface area contributed by atoms with Gasteiger partial charge in [-0.05, 0) is 25.5 Å². The molecule has 0 radical (unpaired) electrons. The van der Waals surface area contributed by atoms with Crippen LogP contribution in [-0.2, 0) is 10.0 Å². The summed E-state index contributed by atoms with van der Waals surface area (Å²) in [5.41, 5.74) is 1.89. The van der Waals surface area contributed by atoms with Gasteiger partial charge in [-0.15, -0.1) is 0 Å². The highest BCUT2D eigenvalue weighted by Crippen LogP contribution is 2.24. The van der Waals surface area contributed by atoms with E-state index in [1.165, 1.54) is 16.9 Å². The van der Waals surface area contributed by atoms with E-state index in [2.05, 4.69) is 15.4 Å². The van der Waals surface area contributed by atoms with Crippen LogP contribution in [0.1, 0.15) is 29.3 Å². The Labute approximate surface area is 194 Å². The maximum atomic E-state index is 14.9. The topological polar surface area (TPSA) is 105 Å². The van der Waals surface area contributed by atoms with E-state index >= 15 is 0 Å². The third-order valence-corrected chi connectivity index (χ3v) is 6.45. The Kier molecular flexibility index (Phi) is 6.29. The molecule has 0 saturated heterocycles. The van der Waals surface area contributed by atoms with Gasteiger partial charge < -0.3 is 5.32 Å². The summed E-state index contributed by atoms with van der Waals surface area (Å²) in [7, 11) is -3.83. The number of hydrogen-bond acceptors (Lipinski definition) is 5. The summed E-state index contributed by atoms with van der Waals surface area (Å²) in [6.45, 7) is 3.62. The fourth-order valence-electron chi connectivity index (χ4n) is 3.33. The van der Waals surface area contributed by atoms with Gasteiger partial charge in [0.05, 0.1) is 35.2 Å². The number of benzene rings is 2. The number of nitrogens with one attached hydrogen (secondary N) is 2. The molecule has 0 aliphatic rings. The fourth-order valence-corrected chi connectivity index (χ4v) is 4.46. The number of rotatable bonds is 7. The molecule has 0 atom stereocenters. The first-order valence-corrected chi connectivity index (χ1v) is 12.0. The van der Waals surface area contributed by atoms with E-state index in [0.29, 0.717) is 17.8 Å². The Morgan fingerprint density at radius 2 is 1.85 bits per heavy atom. The summed E-state index contributed by atoms with van der Waals surface area (Å²) in [6, 6.07) is 11.3. The molecule has 1 amide bonds. The number of fused-ring (bicyclic) bond motifs is 1. The second-order valence-corrected chi connectivity index (χ2v) is 9.54. The van der Waals surface area contributed by atoms with Gasteiger partial charge in [-0.2, -0.15) is 5.10 Å². The lowest BCUT2D eigenvalue weighted by molar-refractivity contribution is 0.101. The van der Waals surface area contributed by atoms with E-state index < -0.39 is 38.8 Å². The van der Waals surface area contributed by atoms with Gasteiger partial charge in [0.1, 0.15) is 11.4 Å². The molecule has 11 heteroatoms. The molecule has 4 aromatic rings. The highest BCUT2D eigenvalue weighted by Gasteiger charge is 2.23. The van der Waals surface area contributed by atoms with Crippen LogP contribution in [0.2, 0.25) is 0 Å². The highest BCUT2D eigenvalue weighted by atomic mass is 32.2. The highest BCUT2D eigenvalue weighted by molar-refractivity contribution is 7.92. The molecule has 2 aromatic carbocycles. The molecule has 0 spiro atoms. The lowest BCUT2D eigenvalue weighted by Crippen LogP contribution is -2.20. The van der Waals surface area contributed by atoms with Gasteiger partial charge in [-0.1, -0.05) is 36.8 Å². The van der Waals surface area contributed by atoms with Gasteiger partial charge in [-0.25, -0.2) is 26.7 Å². The van der Waals surface area contributed by atoms with Crippen LogP contribution in [0, 0.1) is 18.6 Å². The minimum atomic E-state index is -3.83. The Morgan fingerprint density at radius 3 is 2.56 bits per heavy atom. The molecule has 34 heavy (non-hydrogen) atoms. The van der Waals surface area contributed by atoms with Crippen molar-refractivity contribution in [3.05, 3.63) is 77.6 Å². The maximum Gasteiger partial charge on any atom is 0.261 e. The summed E-state index contributed by atoms with van der Waals surface area (Å²) in [4.78, 5) is 16.9. The standard InChI is InChI=1S/C23H21F2N5O3S/c1-3-10-34(32,33)29-18-9-8-17(24)21(22(18)25)23(31)27-16-12-26-20-11-19(28-30(20)13-16)15-6-4-14(2)5-7-15/h4-9,11-13,29H,3,10H2,1-2H3,(H,27,31). The van der Waals surface area contributed by atoms with Gasteiger partial charge in [0.25, 0.3) is 5.91 Å². The van der Waals surface area contributed by atoms with Crippen LogP contribution in [0.3, 0.4) is 0 Å². The molecule has 2 aromatic heterocycles. The number of sulfonamides is 1. The molecule has 0 aliphatic heterocycles. The third-order valence-electron chi connectivity index (χ3n) is 4.97. The normalized spacial score (nSPS) is 11.5. The zero-order valence-electron chi connectivity index (χ0n) is 18.3. The zero-order valence-corrected chi connectivity index (χ0v) is 19.2. The van der Waals surface area contributed by atoms with Crippen molar-refractivity contribution in [1.29, 1.82) is 0 Å². The van der Waals surface area contributed by atoms with Crippen molar-refractivity contribution in [3.63, 3.8) is 0 Å². The van der Waals surface area contributed by atoms with Gasteiger partial charge in [0.15, 0.2) is 11.5 Å². The summed E-state index contributed by atoms with van der Waals surface area (Å²) in [5.74, 6) is -3.79. The van der Waals surface area contributed by atoms with E-state index in [-0.39, 0.29) is 11.4 Å². The Morgan fingerprint density at radius 1 is 1.12 bits per heavy atom. The summed E-state index contributed by atoms with van der Waals surface area (Å²) < 4.78 is 56.6. The molecule has 2 heterocycles. The molecule has 0 fully saturated rings. The molecule has 2 N–H and O–H groups in total. The van der Waals surface area contributed by atoms with Crippen LogP contribution in [0.25, 0.3) is 16.9 Å². The largest absolute Gasteiger partial charge is 0.319 e. The summed E-state index contributed by atoms with van der Waals surface area (Å²) in [5, 5.41) is 6.82. The smallest absolute Gasteiger partial charge is 0.261 e. The van der Waals surface area contributed by atoms with Crippen LogP contribution in [-0.4, -0.2) is 34.7 Å². The SMILES string of the molecule is CCCS(=O)(=O)Nc1ccc(F)c(C(=O)Nc2cnc3cc(-c4ccc(C)cc4)nn3c2)c1F. The summed E-state index contributed by atoms with van der Waals surface area (Å²) in [6.07, 6.45) is 3.10. The van der Waals surface area contributed by atoms with Crippen molar-refractivity contribution < 1.29 is 22.0 Å². The molecule has 0 aliphatic carbocycles. The number of halogens is 2. The number of carbonyl (C=O) groups is 1. The quantitative estimate of drug-likeness (QED) is 0.404. The summed E-state index contributed by atoms with van der Waals surface area (Å²) >= 11 is 0. The van der Waals surface area contributed by atoms with Crippen molar-refractivity contribution in [3.8, 4) is 11.3 Å². The predicted molar refractivity (Wildman–Crippen MR) is 125 cm³/mol. The van der Waals surface area contributed by atoms with Gasteiger partial charge in [0.2, 0.25) is 10.0 Å². The average molecular weight is 486 g/mol. The van der Waals surface area contributed by atoms with Crippen LogP contribution < -0.4 is 10.0 Å². The van der Waals surface area contributed by atoms with Gasteiger partial charge in [-0.3, -0.25) is 9.52 Å². The second kappa shape index (κ2) is 9.18. The second-order valence-electron chi connectivity index (χ2n) is 7.70. The van der Waals surface area contributed by atoms with Crippen molar-refractivity contribution in [2.45, 2.75) is 20.3 Å². The van der Waals surface area contributed by atoms with E-state index in [4.69, 9.17) is 0 Å². The minimum Gasteiger partial charge on any atom is -0.319 e. The minimum absolute atomic E-state index is 0.145. The molecular formula is C23H21F2N5O3S. The number of hydrogen-bond donors (Lipinski definition) is 2. The van der Waals surface area contributed by atoms with Crippen molar-refractivity contribution in [2.75, 3.05) is 15.8 Å². The maximum absolute atomic E-state index is 14.9. The number of amides is 1. The Balaban J connectivity index is 1.60. The zero-order chi connectivity index (χ0) is 24.5. The fraction of sp³-hybridized carbons (Fsp3) is 0.174. The predicted octanol–water partition coefficient (Wildman–Crippen LogP) is 4.39. The number of anilines is 2. The molecule has 176 valence electrons. The number of aromatic nitrogens is 3. The van der Waals surface area contributed by atoms with Gasteiger partial charge >= 0.3 is 0 Å². The number of carbonyl (C=O) groups excluding carboxylic acids is 1. The average Bonchev–Trinajstić information content (AvgIpc) is 3.19. The van der Waals surface area contributed by atoms with Crippen LogP contribution in [0.15, 0.2) is 54.9 Å². The molecule has 0 unspecified atom stereocenters. The first-order valence-electron chi connectivity index (χ1n) is 10.4. The van der Waals surface area contributed by atoms with E-state index in [1.54, 1.807) is 13.0 Å². The van der Waals surface area contributed by atoms with Crippen LogP contribution in [0.4, 0.5) is 20.2 Å². The van der Waals surface area contributed by atoms with Crippen LogP contribution in [0.5, 0.6) is 0 Å². The number of aryl methyl sites for hydroxylation is 1. The molecule has 4 rings (SSSR count). The monoisotopic (exact) mass is 485 g/mol. The lowest BCUT2D eigenvalue weighted by atomic mass is 10.1. The van der Waals surface area contributed by atoms with Crippen molar-refractivity contribution >= 4 is 33.0 Å². The molecular weight excluding hydrogens is 464 g/mol. The van der Waals surface area contributed by atoms with Crippen molar-refractivity contribution in [2.24, 2.45) is 0 Å². The van der Waals surface area contributed by atoms with Crippen molar-refractivity contribution in [1.82, 2.24) is 14.6 Å². The van der Waals surface area contributed by atoms with E-state index in [0.717, 1.165) is 23.3 Å². The third kappa shape index (κ3) is 4.88. The molecule has 0 bridgehead atoms. The Hall–Kier alpha value is -3.86. The first-order chi connectivity index (χ1) is 16.2. The first kappa shape index (κ1) is 23.3. The molecule has 8 nitrogen and oxygen atoms in total. The molecule has 0 saturated carbocycles. The van der Waals surface area contributed by atoms with E-state index in [1.807, 2.05) is 35.9 Å². The van der Waals surface area contributed by atoms with Gasteiger partial charge in [0, 0.05) is 11.6 Å². The Bertz CT molecular complexity index is 1480. The van der Waals surface area contributed by atoms with Crippen LogP contribution >= 0.6 is 0 Å². The number of nitrogens with zero attached hydrogens (tertiary/aromatic N) is 3. The van der Waals surface area contributed by atoms with E-state index in [9.17, 15) is 22.0 Å².